The van der Waals surface area contributed by atoms with Gasteiger partial charge in [-0.2, -0.15) is 0 Å². The van der Waals surface area contributed by atoms with E-state index in [1.54, 1.807) is 6.26 Å². The molecule has 5 heteroatoms. The highest BCUT2D eigenvalue weighted by atomic mass is 16.4. The first-order valence-electron chi connectivity index (χ1n) is 11.4. The zero-order valence-electron chi connectivity index (χ0n) is 17.5. The van der Waals surface area contributed by atoms with Gasteiger partial charge in [0.25, 0.3) is 0 Å². The van der Waals surface area contributed by atoms with Crippen molar-refractivity contribution in [1.29, 1.82) is 0 Å². The molecule has 1 aromatic rings. The van der Waals surface area contributed by atoms with Gasteiger partial charge in [-0.15, -0.1) is 0 Å². The molecule has 4 fully saturated rings. The Balaban J connectivity index is 1.52. The summed E-state index contributed by atoms with van der Waals surface area (Å²) in [5.74, 6) is 0.662. The Labute approximate surface area is 172 Å². The molecule has 5 nitrogen and oxygen atoms in total. The maximum absolute atomic E-state index is 12.2. The first-order valence-corrected chi connectivity index (χ1v) is 11.4. The molecule has 29 heavy (non-hydrogen) atoms. The van der Waals surface area contributed by atoms with Crippen LogP contribution in [0.4, 0.5) is 0 Å². The SMILES string of the molecule is C[C@]12CC[C@@H](O)CC1CC[C@@H]1[C@@H]2[C@H](O)C[C@]2(C)[C@@H](c3ccc(=O)oc3)CC[C@]12O. The zero-order valence-corrected chi connectivity index (χ0v) is 17.5. The molecule has 1 aromatic heterocycles. The van der Waals surface area contributed by atoms with Crippen molar-refractivity contribution in [1.82, 2.24) is 0 Å². The molecule has 160 valence electrons. The molecule has 0 spiro atoms. The van der Waals surface area contributed by atoms with Gasteiger partial charge in [-0.25, -0.2) is 4.79 Å². The highest BCUT2D eigenvalue weighted by molar-refractivity contribution is 5.28. The topological polar surface area (TPSA) is 90.9 Å². The van der Waals surface area contributed by atoms with Crippen LogP contribution in [0.2, 0.25) is 0 Å². The molecule has 4 aliphatic rings. The van der Waals surface area contributed by atoms with Crippen molar-refractivity contribution in [2.24, 2.45) is 28.6 Å². The smallest absolute Gasteiger partial charge is 0.335 e. The third-order valence-electron chi connectivity index (χ3n) is 9.89. The molecule has 4 aliphatic carbocycles. The van der Waals surface area contributed by atoms with Crippen LogP contribution >= 0.6 is 0 Å². The average Bonchev–Trinajstić information content (AvgIpc) is 2.94. The molecule has 0 saturated heterocycles. The molecule has 1 unspecified atom stereocenters. The van der Waals surface area contributed by atoms with Crippen LogP contribution < -0.4 is 5.63 Å². The van der Waals surface area contributed by atoms with Gasteiger partial charge in [0.1, 0.15) is 0 Å². The number of hydrogen-bond donors (Lipinski definition) is 3. The standard InChI is InChI=1S/C24H34O5/c1-22-9-7-16(25)11-15(22)4-5-18-21(22)19(26)12-23(2)17(8-10-24(18,23)28)14-3-6-20(27)29-13-14/h3,6,13,15-19,21,25-26,28H,4-5,7-12H2,1-2H3/t15?,16-,17-,18-,19-,21-,22+,23-,24+/m1/s1. The molecular formula is C24H34O5. The van der Waals surface area contributed by atoms with Crippen molar-refractivity contribution in [3.8, 4) is 0 Å². The highest BCUT2D eigenvalue weighted by Crippen LogP contribution is 2.70. The third kappa shape index (κ3) is 2.60. The second-order valence-electron chi connectivity index (χ2n) is 10.9. The Morgan fingerprint density at radius 1 is 1.07 bits per heavy atom. The van der Waals surface area contributed by atoms with Crippen LogP contribution in [0.3, 0.4) is 0 Å². The van der Waals surface area contributed by atoms with Crippen LogP contribution in [0.25, 0.3) is 0 Å². The second kappa shape index (κ2) is 6.41. The van der Waals surface area contributed by atoms with Gasteiger partial charge in [-0.3, -0.25) is 0 Å². The first-order chi connectivity index (χ1) is 13.7. The number of rotatable bonds is 1. The van der Waals surface area contributed by atoms with E-state index in [0.717, 1.165) is 50.5 Å². The maximum atomic E-state index is 12.2. The molecule has 0 radical (unpaired) electrons. The van der Waals surface area contributed by atoms with Crippen molar-refractivity contribution in [3.05, 3.63) is 34.4 Å². The van der Waals surface area contributed by atoms with E-state index < -0.39 is 17.1 Å². The summed E-state index contributed by atoms with van der Waals surface area (Å²) >= 11 is 0. The average molecular weight is 403 g/mol. The Morgan fingerprint density at radius 3 is 2.59 bits per heavy atom. The number of hydrogen-bond acceptors (Lipinski definition) is 5. The quantitative estimate of drug-likeness (QED) is 0.671. The molecule has 3 N–H and O–H groups in total. The van der Waals surface area contributed by atoms with Crippen molar-refractivity contribution in [3.63, 3.8) is 0 Å². The van der Waals surface area contributed by atoms with Gasteiger partial charge in [0.2, 0.25) is 0 Å². The fourth-order valence-electron chi connectivity index (χ4n) is 8.41. The fraction of sp³-hybridized carbons (Fsp3) is 0.792. The van der Waals surface area contributed by atoms with Gasteiger partial charge >= 0.3 is 5.63 Å². The minimum atomic E-state index is -0.818. The lowest BCUT2D eigenvalue weighted by atomic mass is 9.42. The van der Waals surface area contributed by atoms with Gasteiger partial charge in [0.05, 0.1) is 24.1 Å². The fourth-order valence-corrected chi connectivity index (χ4v) is 8.41. The summed E-state index contributed by atoms with van der Waals surface area (Å²) in [6, 6.07) is 3.28. The Hall–Kier alpha value is -1.17. The van der Waals surface area contributed by atoms with E-state index in [1.807, 2.05) is 6.07 Å². The van der Waals surface area contributed by atoms with E-state index in [9.17, 15) is 20.1 Å². The number of aliphatic hydroxyl groups excluding tert-OH is 2. The van der Waals surface area contributed by atoms with E-state index in [4.69, 9.17) is 4.42 Å². The summed E-state index contributed by atoms with van der Waals surface area (Å²) in [5.41, 5.74) is -0.681. The maximum Gasteiger partial charge on any atom is 0.335 e. The number of aliphatic hydroxyl groups is 3. The molecule has 4 saturated carbocycles. The summed E-state index contributed by atoms with van der Waals surface area (Å²) in [5, 5.41) is 33.8. The molecule has 9 atom stereocenters. The van der Waals surface area contributed by atoms with E-state index in [0.29, 0.717) is 12.3 Å². The monoisotopic (exact) mass is 402 g/mol. The Kier molecular flexibility index (Phi) is 4.37. The lowest BCUT2D eigenvalue weighted by molar-refractivity contribution is -0.239. The summed E-state index contributed by atoms with van der Waals surface area (Å²) in [6.07, 6.45) is 7.49. The van der Waals surface area contributed by atoms with Crippen molar-refractivity contribution in [2.75, 3.05) is 0 Å². The minimum Gasteiger partial charge on any atom is -0.431 e. The summed E-state index contributed by atoms with van der Waals surface area (Å²) in [4.78, 5) is 11.4. The molecule has 0 aliphatic heterocycles. The largest absolute Gasteiger partial charge is 0.431 e. The van der Waals surface area contributed by atoms with Crippen LogP contribution in [-0.2, 0) is 0 Å². The Morgan fingerprint density at radius 2 is 1.86 bits per heavy atom. The van der Waals surface area contributed by atoms with Crippen LogP contribution in [0.5, 0.6) is 0 Å². The van der Waals surface area contributed by atoms with Gasteiger partial charge in [-0.1, -0.05) is 13.8 Å². The van der Waals surface area contributed by atoms with E-state index in [2.05, 4.69) is 13.8 Å². The van der Waals surface area contributed by atoms with Gasteiger partial charge in [0.15, 0.2) is 0 Å². The third-order valence-corrected chi connectivity index (χ3v) is 9.89. The van der Waals surface area contributed by atoms with Crippen molar-refractivity contribution in [2.45, 2.75) is 88.9 Å². The molecular weight excluding hydrogens is 368 g/mol. The molecule has 0 bridgehead atoms. The lowest BCUT2D eigenvalue weighted by Crippen LogP contribution is -2.66. The zero-order chi connectivity index (χ0) is 20.6. The van der Waals surface area contributed by atoms with Gasteiger partial charge < -0.3 is 19.7 Å². The number of fused-ring (bicyclic) bond motifs is 5. The minimum absolute atomic E-state index is 0.0176. The van der Waals surface area contributed by atoms with Crippen LogP contribution in [0, 0.1) is 28.6 Å². The lowest BCUT2D eigenvalue weighted by Gasteiger charge is -2.65. The first kappa shape index (κ1) is 19.8. The predicted molar refractivity (Wildman–Crippen MR) is 108 cm³/mol. The molecule has 0 aromatic carbocycles. The van der Waals surface area contributed by atoms with Crippen LogP contribution in [0.1, 0.15) is 76.7 Å². The predicted octanol–water partition coefficient (Wildman–Crippen LogP) is 3.21. The van der Waals surface area contributed by atoms with E-state index in [1.165, 1.54) is 6.07 Å². The highest BCUT2D eigenvalue weighted by Gasteiger charge is 2.69. The molecule has 1 heterocycles. The van der Waals surface area contributed by atoms with E-state index in [-0.39, 0.29) is 34.9 Å². The summed E-state index contributed by atoms with van der Waals surface area (Å²) < 4.78 is 5.14. The van der Waals surface area contributed by atoms with Crippen molar-refractivity contribution < 1.29 is 19.7 Å². The van der Waals surface area contributed by atoms with Gasteiger partial charge in [0, 0.05) is 11.5 Å². The molecule has 0 amide bonds. The molecule has 5 rings (SSSR count). The summed E-state index contributed by atoms with van der Waals surface area (Å²) in [7, 11) is 0. The van der Waals surface area contributed by atoms with Gasteiger partial charge in [-0.05, 0) is 92.1 Å². The van der Waals surface area contributed by atoms with Crippen LogP contribution in [0.15, 0.2) is 27.6 Å². The summed E-state index contributed by atoms with van der Waals surface area (Å²) in [6.45, 7) is 4.43. The van der Waals surface area contributed by atoms with Crippen molar-refractivity contribution >= 4 is 0 Å². The Bertz CT molecular complexity index is 829. The second-order valence-corrected chi connectivity index (χ2v) is 10.9. The van der Waals surface area contributed by atoms with E-state index >= 15 is 0 Å². The normalized spacial score (nSPS) is 51.8. The van der Waals surface area contributed by atoms with Crippen LogP contribution in [-0.4, -0.2) is 33.1 Å².